The first-order valence-corrected chi connectivity index (χ1v) is 9.45. The summed E-state index contributed by atoms with van der Waals surface area (Å²) in [7, 11) is 0. The van der Waals surface area contributed by atoms with Crippen LogP contribution in [0, 0.1) is 5.92 Å². The Kier molecular flexibility index (Phi) is 6.89. The number of anilines is 1. The van der Waals surface area contributed by atoms with E-state index in [4.69, 9.17) is 4.74 Å². The quantitative estimate of drug-likeness (QED) is 0.737. The van der Waals surface area contributed by atoms with Crippen LogP contribution in [-0.2, 0) is 11.3 Å². The van der Waals surface area contributed by atoms with Crippen molar-refractivity contribution in [2.45, 2.75) is 50.9 Å². The van der Waals surface area contributed by atoms with E-state index in [9.17, 15) is 5.11 Å². The van der Waals surface area contributed by atoms with Crippen molar-refractivity contribution >= 4 is 5.69 Å². The molecule has 1 aliphatic rings. The second kappa shape index (κ2) is 9.59. The maximum absolute atomic E-state index is 10.0. The van der Waals surface area contributed by atoms with Crippen LogP contribution in [0.25, 0.3) is 0 Å². The van der Waals surface area contributed by atoms with E-state index < -0.39 is 0 Å². The average Bonchev–Trinajstić information content (AvgIpc) is 2.70. The maximum Gasteiger partial charge on any atom is 0.101 e. The molecule has 0 bridgehead atoms. The van der Waals surface area contributed by atoms with E-state index >= 15 is 0 Å². The van der Waals surface area contributed by atoms with Gasteiger partial charge in [0, 0.05) is 5.69 Å². The maximum atomic E-state index is 10.0. The van der Waals surface area contributed by atoms with Crippen molar-refractivity contribution in [3.63, 3.8) is 0 Å². The van der Waals surface area contributed by atoms with Gasteiger partial charge in [-0.05, 0) is 36.5 Å². The van der Waals surface area contributed by atoms with Gasteiger partial charge in [-0.3, -0.25) is 0 Å². The van der Waals surface area contributed by atoms with Crippen LogP contribution in [0.15, 0.2) is 60.7 Å². The zero-order chi connectivity index (χ0) is 17.3. The lowest BCUT2D eigenvalue weighted by Gasteiger charge is -2.36. The summed E-state index contributed by atoms with van der Waals surface area (Å²) in [5.74, 6) is 0.543. The molecule has 0 amide bonds. The van der Waals surface area contributed by atoms with Crippen molar-refractivity contribution in [2.75, 3.05) is 11.9 Å². The third-order valence-corrected chi connectivity index (χ3v) is 5.15. The third kappa shape index (κ3) is 5.32. The Hall–Kier alpha value is -1.84. The molecule has 2 aromatic rings. The Bertz CT molecular complexity index is 596. The van der Waals surface area contributed by atoms with Crippen molar-refractivity contribution in [2.24, 2.45) is 5.92 Å². The van der Waals surface area contributed by atoms with Crippen LogP contribution in [0.4, 0.5) is 5.69 Å². The highest BCUT2D eigenvalue weighted by atomic mass is 16.5. The molecule has 1 aliphatic carbocycles. The van der Waals surface area contributed by atoms with Gasteiger partial charge < -0.3 is 15.2 Å². The number of para-hydroxylation sites is 1. The minimum absolute atomic E-state index is 0.0355. The fourth-order valence-electron chi connectivity index (χ4n) is 3.78. The van der Waals surface area contributed by atoms with Gasteiger partial charge in [0.1, 0.15) is 6.10 Å². The second-order valence-corrected chi connectivity index (χ2v) is 6.95. The van der Waals surface area contributed by atoms with Gasteiger partial charge in [-0.2, -0.15) is 0 Å². The first-order chi connectivity index (χ1) is 12.4. The van der Waals surface area contributed by atoms with Gasteiger partial charge >= 0.3 is 0 Å². The summed E-state index contributed by atoms with van der Waals surface area (Å²) >= 11 is 0. The normalized spacial score (nSPS) is 17.8. The van der Waals surface area contributed by atoms with E-state index in [0.29, 0.717) is 12.5 Å². The van der Waals surface area contributed by atoms with Crippen molar-refractivity contribution < 1.29 is 9.84 Å². The highest BCUT2D eigenvalue weighted by Crippen LogP contribution is 2.30. The monoisotopic (exact) mass is 339 g/mol. The topological polar surface area (TPSA) is 41.5 Å². The lowest BCUT2D eigenvalue weighted by atomic mass is 9.81. The molecule has 0 aromatic heterocycles. The Morgan fingerprint density at radius 1 is 0.920 bits per heavy atom. The van der Waals surface area contributed by atoms with Crippen molar-refractivity contribution in [1.29, 1.82) is 0 Å². The molecule has 0 heterocycles. The minimum Gasteiger partial charge on any atom is -0.394 e. The van der Waals surface area contributed by atoms with Crippen LogP contribution >= 0.6 is 0 Å². The molecular formula is C22H29NO2. The van der Waals surface area contributed by atoms with E-state index in [1.807, 2.05) is 36.4 Å². The van der Waals surface area contributed by atoms with Crippen molar-refractivity contribution in [3.05, 3.63) is 66.2 Å². The van der Waals surface area contributed by atoms with Gasteiger partial charge in [-0.25, -0.2) is 0 Å². The molecule has 134 valence electrons. The fourth-order valence-corrected chi connectivity index (χ4v) is 3.78. The van der Waals surface area contributed by atoms with Gasteiger partial charge in [0.2, 0.25) is 0 Å². The first-order valence-electron chi connectivity index (χ1n) is 9.45. The molecule has 0 spiro atoms. The first kappa shape index (κ1) is 18.0. The molecule has 2 atom stereocenters. The molecule has 1 fully saturated rings. The molecule has 25 heavy (non-hydrogen) atoms. The highest BCUT2D eigenvalue weighted by Gasteiger charge is 2.31. The lowest BCUT2D eigenvalue weighted by molar-refractivity contribution is -0.0221. The van der Waals surface area contributed by atoms with Crippen molar-refractivity contribution in [1.82, 2.24) is 0 Å². The number of hydrogen-bond acceptors (Lipinski definition) is 3. The highest BCUT2D eigenvalue weighted by molar-refractivity contribution is 5.44. The van der Waals surface area contributed by atoms with E-state index in [-0.39, 0.29) is 18.8 Å². The SMILES string of the molecule is OCC(OCc1ccccc1)C(Nc1ccccc1)C1CCCCC1. The van der Waals surface area contributed by atoms with E-state index in [0.717, 1.165) is 11.3 Å². The molecule has 3 nitrogen and oxygen atoms in total. The van der Waals surface area contributed by atoms with Crippen LogP contribution in [0.1, 0.15) is 37.7 Å². The van der Waals surface area contributed by atoms with Gasteiger partial charge in [0.15, 0.2) is 0 Å². The van der Waals surface area contributed by atoms with Gasteiger partial charge in [-0.15, -0.1) is 0 Å². The molecule has 0 aliphatic heterocycles. The molecule has 2 unspecified atom stereocenters. The number of hydrogen-bond donors (Lipinski definition) is 2. The Labute approximate surface area is 151 Å². The number of ether oxygens (including phenoxy) is 1. The molecule has 3 heteroatoms. The summed E-state index contributed by atoms with van der Waals surface area (Å²) in [6.07, 6.45) is 6.07. The number of nitrogens with one attached hydrogen (secondary N) is 1. The predicted molar refractivity (Wildman–Crippen MR) is 103 cm³/mol. The molecule has 0 saturated heterocycles. The van der Waals surface area contributed by atoms with Gasteiger partial charge in [-0.1, -0.05) is 67.8 Å². The lowest BCUT2D eigenvalue weighted by Crippen LogP contribution is -2.44. The van der Waals surface area contributed by atoms with Crippen LogP contribution in [0.2, 0.25) is 0 Å². The predicted octanol–water partition coefficient (Wildman–Crippen LogP) is 4.63. The molecule has 2 N–H and O–H groups in total. The smallest absolute Gasteiger partial charge is 0.101 e. The van der Waals surface area contributed by atoms with E-state index in [1.165, 1.54) is 32.1 Å². The van der Waals surface area contributed by atoms with Crippen LogP contribution < -0.4 is 5.32 Å². The molecule has 3 rings (SSSR count). The van der Waals surface area contributed by atoms with Gasteiger partial charge in [0.25, 0.3) is 0 Å². The number of rotatable bonds is 8. The Morgan fingerprint density at radius 2 is 1.56 bits per heavy atom. The van der Waals surface area contributed by atoms with Crippen LogP contribution in [0.5, 0.6) is 0 Å². The largest absolute Gasteiger partial charge is 0.394 e. The summed E-state index contributed by atoms with van der Waals surface area (Å²) < 4.78 is 6.15. The number of benzene rings is 2. The number of aliphatic hydroxyl groups excluding tert-OH is 1. The summed E-state index contributed by atoms with van der Waals surface area (Å²) in [4.78, 5) is 0. The van der Waals surface area contributed by atoms with Gasteiger partial charge in [0.05, 0.1) is 19.3 Å². The summed E-state index contributed by atoms with van der Waals surface area (Å²) in [5.41, 5.74) is 2.24. The van der Waals surface area contributed by atoms with Crippen molar-refractivity contribution in [3.8, 4) is 0 Å². The second-order valence-electron chi connectivity index (χ2n) is 6.95. The third-order valence-electron chi connectivity index (χ3n) is 5.15. The standard InChI is InChI=1S/C22H29NO2/c24-16-21(25-17-18-10-4-1-5-11-18)22(19-12-6-2-7-13-19)23-20-14-8-3-9-15-20/h1,3-5,8-11,14-15,19,21-24H,2,6-7,12-13,16-17H2. The summed E-state index contributed by atoms with van der Waals surface area (Å²) in [5, 5.41) is 13.7. The Morgan fingerprint density at radius 3 is 2.20 bits per heavy atom. The zero-order valence-corrected chi connectivity index (χ0v) is 14.8. The van der Waals surface area contributed by atoms with E-state index in [2.05, 4.69) is 29.6 Å². The minimum atomic E-state index is -0.205. The molecule has 1 saturated carbocycles. The molecule has 2 aromatic carbocycles. The zero-order valence-electron chi connectivity index (χ0n) is 14.8. The summed E-state index contributed by atoms with van der Waals surface area (Å²) in [6.45, 7) is 0.569. The molecular weight excluding hydrogens is 310 g/mol. The average molecular weight is 339 g/mol. The molecule has 0 radical (unpaired) electrons. The number of aliphatic hydroxyl groups is 1. The fraction of sp³-hybridized carbons (Fsp3) is 0.455. The van der Waals surface area contributed by atoms with E-state index in [1.54, 1.807) is 0 Å². The van der Waals surface area contributed by atoms with Crippen LogP contribution in [-0.4, -0.2) is 23.9 Å². The Balaban J connectivity index is 1.70. The van der Waals surface area contributed by atoms with Crippen LogP contribution in [0.3, 0.4) is 0 Å². The summed E-state index contributed by atoms with van der Waals surface area (Å²) in [6, 6.07) is 20.6.